The quantitative estimate of drug-likeness (QED) is 0.174. The average Bonchev–Trinajstić information content (AvgIpc) is 2.78. The van der Waals surface area contributed by atoms with Crippen LogP contribution in [-0.4, -0.2) is 47.3 Å². The Morgan fingerprint density at radius 2 is 0.977 bits per heavy atom. The van der Waals surface area contributed by atoms with E-state index in [2.05, 4.69) is 4.74 Å². The third-order valence-corrected chi connectivity index (χ3v) is 4.32. The highest BCUT2D eigenvalue weighted by Gasteiger charge is 2.83. The van der Waals surface area contributed by atoms with E-state index in [1.54, 1.807) is 0 Å². The molecule has 43 heavy (non-hydrogen) atoms. The summed E-state index contributed by atoms with van der Waals surface area (Å²) in [7, 11) is 0. The van der Waals surface area contributed by atoms with E-state index < -0.39 is 93.7 Å². The lowest BCUT2D eigenvalue weighted by atomic mass is 10.0. The highest BCUT2D eigenvalue weighted by atomic mass is 19.4. The molecule has 0 aliphatic carbocycles. The Labute approximate surface area is 232 Å². The number of allylic oxidation sites excluding steroid dienone is 1. The summed E-state index contributed by atoms with van der Waals surface area (Å²) in [6.45, 7) is 7.45. The van der Waals surface area contributed by atoms with Crippen LogP contribution in [0.2, 0.25) is 0 Å². The van der Waals surface area contributed by atoms with Crippen molar-refractivity contribution in [3.63, 3.8) is 0 Å². The molecule has 0 aliphatic heterocycles. The lowest BCUT2D eigenvalue weighted by Gasteiger charge is -2.32. The number of amides is 2. The van der Waals surface area contributed by atoms with Gasteiger partial charge in [0.05, 0.1) is 0 Å². The molecule has 0 heterocycles. The zero-order valence-corrected chi connectivity index (χ0v) is 22.3. The summed E-state index contributed by atoms with van der Waals surface area (Å²) in [5, 5.41) is 2.82. The van der Waals surface area contributed by atoms with Crippen LogP contribution in [0.15, 0.2) is 11.8 Å². The summed E-state index contributed by atoms with van der Waals surface area (Å²) in [5.41, 5.74) is -6.21. The SMILES string of the molecule is CC(C)(C)OC(=O)Nc1c(F)c(F)c(OC(F)=C(F)C(F)(F)C(F)(F)C(F)(F)C(F)(F)F)c(F)c1NC(=O)OC(C)(C)C. The van der Waals surface area contributed by atoms with E-state index in [0.29, 0.717) is 0 Å². The average molecular weight is 658 g/mol. The Morgan fingerprint density at radius 1 is 0.605 bits per heavy atom. The number of hydrogen-bond acceptors (Lipinski definition) is 5. The molecule has 0 spiro atoms. The molecule has 1 aromatic carbocycles. The molecule has 7 nitrogen and oxygen atoms in total. The van der Waals surface area contributed by atoms with Crippen molar-refractivity contribution in [2.45, 2.75) is 76.7 Å². The van der Waals surface area contributed by atoms with E-state index in [9.17, 15) is 66.7 Å². The Morgan fingerprint density at radius 3 is 1.33 bits per heavy atom. The molecule has 21 heteroatoms. The summed E-state index contributed by atoms with van der Waals surface area (Å²) in [4.78, 5) is 24.2. The van der Waals surface area contributed by atoms with Crippen molar-refractivity contribution in [2.24, 2.45) is 0 Å². The molecular formula is C22H20F14N2O5. The topological polar surface area (TPSA) is 85.9 Å². The minimum absolute atomic E-state index is 1.23. The zero-order valence-electron chi connectivity index (χ0n) is 22.3. The molecule has 0 saturated heterocycles. The molecule has 0 unspecified atom stereocenters. The molecular weight excluding hydrogens is 638 g/mol. The largest absolute Gasteiger partial charge is 0.460 e. The minimum atomic E-state index is -7.77. The van der Waals surface area contributed by atoms with Gasteiger partial charge in [-0.3, -0.25) is 10.6 Å². The van der Waals surface area contributed by atoms with Crippen LogP contribution in [0.5, 0.6) is 5.75 Å². The van der Waals surface area contributed by atoms with Crippen molar-refractivity contribution in [2.75, 3.05) is 10.6 Å². The minimum Gasteiger partial charge on any atom is -0.444 e. The number of benzene rings is 1. The molecule has 0 aliphatic rings. The van der Waals surface area contributed by atoms with E-state index in [4.69, 9.17) is 9.47 Å². The maximum Gasteiger partial charge on any atom is 0.460 e. The van der Waals surface area contributed by atoms with Gasteiger partial charge in [0.1, 0.15) is 22.6 Å². The maximum absolute atomic E-state index is 15.1. The number of hydrogen-bond donors (Lipinski definition) is 2. The van der Waals surface area contributed by atoms with E-state index in [1.165, 1.54) is 52.2 Å². The van der Waals surface area contributed by atoms with Gasteiger partial charge in [0, 0.05) is 0 Å². The van der Waals surface area contributed by atoms with Crippen molar-refractivity contribution in [1.82, 2.24) is 0 Å². The molecule has 1 aromatic rings. The van der Waals surface area contributed by atoms with Crippen LogP contribution in [0.4, 0.5) is 82.4 Å². The normalized spacial score (nSPS) is 14.1. The fourth-order valence-corrected chi connectivity index (χ4v) is 2.55. The molecule has 2 N–H and O–H groups in total. The van der Waals surface area contributed by atoms with Gasteiger partial charge in [-0.25, -0.2) is 18.4 Å². The molecule has 0 bridgehead atoms. The van der Waals surface area contributed by atoms with Gasteiger partial charge in [-0.1, -0.05) is 0 Å². The third-order valence-electron chi connectivity index (χ3n) is 4.32. The fraction of sp³-hybridized carbons (Fsp3) is 0.545. The molecule has 246 valence electrons. The Kier molecular flexibility index (Phi) is 10.2. The number of nitrogens with one attached hydrogen (secondary N) is 2. The number of rotatable bonds is 7. The smallest absolute Gasteiger partial charge is 0.444 e. The van der Waals surface area contributed by atoms with Gasteiger partial charge in [0.2, 0.25) is 17.4 Å². The molecule has 0 fully saturated rings. The van der Waals surface area contributed by atoms with E-state index in [1.807, 2.05) is 0 Å². The van der Waals surface area contributed by atoms with E-state index >= 15 is 4.39 Å². The monoisotopic (exact) mass is 658 g/mol. The molecule has 0 aromatic heterocycles. The summed E-state index contributed by atoms with van der Waals surface area (Å²) >= 11 is 0. The number of halogens is 14. The Hall–Kier alpha value is -3.68. The summed E-state index contributed by atoms with van der Waals surface area (Å²) in [6.07, 6.45) is -10.9. The second kappa shape index (κ2) is 11.8. The number of anilines is 2. The first kappa shape index (κ1) is 37.3. The predicted molar refractivity (Wildman–Crippen MR) is 117 cm³/mol. The van der Waals surface area contributed by atoms with Crippen molar-refractivity contribution in [3.8, 4) is 5.75 Å². The first-order valence-corrected chi connectivity index (χ1v) is 11.0. The first-order chi connectivity index (χ1) is 18.9. The predicted octanol–water partition coefficient (Wildman–Crippen LogP) is 8.75. The standard InChI is InChI=1S/C22H20F14N2O5/c1-17(2,3)42-15(39)37-10-7(23)8(24)12(9(25)11(10)38-16(40)43-18(4,5)6)41-14(27)13(26)19(28,29)20(30,31)21(32,33)22(34,35)36/h1-6H3,(H,37,39)(H,38,40). The lowest BCUT2D eigenvalue weighted by molar-refractivity contribution is -0.392. The van der Waals surface area contributed by atoms with Gasteiger partial charge in [-0.2, -0.15) is 52.7 Å². The highest BCUT2D eigenvalue weighted by molar-refractivity contribution is 5.96. The van der Waals surface area contributed by atoms with Crippen LogP contribution >= 0.6 is 0 Å². The zero-order chi connectivity index (χ0) is 34.3. The van der Waals surface area contributed by atoms with Crippen LogP contribution < -0.4 is 15.4 Å². The Bertz CT molecular complexity index is 1280. The van der Waals surface area contributed by atoms with Crippen molar-refractivity contribution in [3.05, 3.63) is 29.3 Å². The second-order valence-corrected chi connectivity index (χ2v) is 10.2. The summed E-state index contributed by atoms with van der Waals surface area (Å²) in [6, 6.07) is -3.95. The van der Waals surface area contributed by atoms with Crippen LogP contribution in [-0.2, 0) is 9.47 Å². The highest BCUT2D eigenvalue weighted by Crippen LogP contribution is 2.56. The lowest BCUT2D eigenvalue weighted by Crippen LogP contribution is -2.61. The second-order valence-electron chi connectivity index (χ2n) is 10.2. The van der Waals surface area contributed by atoms with Gasteiger partial charge in [-0.05, 0) is 41.5 Å². The van der Waals surface area contributed by atoms with Gasteiger partial charge in [0.15, 0.2) is 11.6 Å². The van der Waals surface area contributed by atoms with Crippen molar-refractivity contribution < 1.29 is 85.3 Å². The fourth-order valence-electron chi connectivity index (χ4n) is 2.55. The maximum atomic E-state index is 15.1. The molecule has 0 atom stereocenters. The molecule has 0 saturated carbocycles. The number of ether oxygens (including phenoxy) is 3. The van der Waals surface area contributed by atoms with Gasteiger partial charge in [-0.15, -0.1) is 0 Å². The summed E-state index contributed by atoms with van der Waals surface area (Å²) in [5.74, 6) is -38.1. The third kappa shape index (κ3) is 8.03. The first-order valence-electron chi connectivity index (χ1n) is 11.0. The molecule has 2 amide bonds. The van der Waals surface area contributed by atoms with Gasteiger partial charge < -0.3 is 14.2 Å². The van der Waals surface area contributed by atoms with Crippen molar-refractivity contribution >= 4 is 23.6 Å². The van der Waals surface area contributed by atoms with Crippen LogP contribution in [0.1, 0.15) is 41.5 Å². The van der Waals surface area contributed by atoms with E-state index in [0.717, 1.165) is 0 Å². The van der Waals surface area contributed by atoms with Crippen LogP contribution in [0.25, 0.3) is 0 Å². The van der Waals surface area contributed by atoms with Crippen LogP contribution in [0, 0.1) is 17.5 Å². The number of alkyl halides is 9. The van der Waals surface area contributed by atoms with Crippen molar-refractivity contribution in [1.29, 1.82) is 0 Å². The number of carbonyl (C=O) groups excluding carboxylic acids is 2. The van der Waals surface area contributed by atoms with E-state index in [-0.39, 0.29) is 0 Å². The summed E-state index contributed by atoms with van der Waals surface area (Å²) < 4.78 is 202. The van der Waals surface area contributed by atoms with Gasteiger partial charge in [0.25, 0.3) is 0 Å². The molecule has 1 rings (SSSR count). The van der Waals surface area contributed by atoms with Gasteiger partial charge >= 0.3 is 42.1 Å². The Balaban J connectivity index is 3.82. The van der Waals surface area contributed by atoms with Crippen LogP contribution in [0.3, 0.4) is 0 Å². The number of carbonyl (C=O) groups is 2. The molecule has 0 radical (unpaired) electrons.